The molecule has 0 bridgehead atoms. The van der Waals surface area contributed by atoms with Gasteiger partial charge in [-0.15, -0.1) is 0 Å². The van der Waals surface area contributed by atoms with E-state index in [9.17, 15) is 70.7 Å². The van der Waals surface area contributed by atoms with Crippen molar-refractivity contribution >= 4 is 126 Å². The van der Waals surface area contributed by atoms with Crippen molar-refractivity contribution in [1.29, 1.82) is 5.26 Å². The summed E-state index contributed by atoms with van der Waals surface area (Å²) in [7, 11) is -6.39. The molecule has 106 heavy (non-hydrogen) atoms. The van der Waals surface area contributed by atoms with Crippen LogP contribution in [0.15, 0.2) is 134 Å². The molecule has 30 heteroatoms. The van der Waals surface area contributed by atoms with Gasteiger partial charge in [0.05, 0.1) is 45.8 Å². The number of halogens is 10. The Balaban J connectivity index is 0.000000132. The number of H-pyrrole nitrogens is 5. The van der Waals surface area contributed by atoms with Crippen LogP contribution in [0.2, 0.25) is 5.02 Å². The molecule has 558 valence electrons. The van der Waals surface area contributed by atoms with Gasteiger partial charge < -0.3 is 39.6 Å². The molecule has 18 nitrogen and oxygen atoms in total. The summed E-state index contributed by atoms with van der Waals surface area (Å²) >= 11 is 5.78. The number of nitrogens with zero attached hydrogens (tertiary/aromatic N) is 6. The van der Waals surface area contributed by atoms with Gasteiger partial charge in [0.15, 0.2) is 0 Å². The van der Waals surface area contributed by atoms with Crippen molar-refractivity contribution in [1.82, 2.24) is 48.2 Å². The SMILES string of the molecule is CC(=O)N1CC=C(c2c[nH]c3c(F)cc(F)cc23)CC1.CC(=O)N1CC=C(c2c[nH]c3cc(Cl)c(F)cc23)CC1.CC(=O)N1CCC(c2c[nH]c3cc(C(F)(F)F)ccc23)CC1.CS(=O)(=O)N1CC=C(c2c[nH]c3ccc(C#N)cc23)CC1.CS(=O)(=O)N1CC=C(c2c[nH]c3ccc(C(F)(F)F)cc23)CC1. The molecule has 0 atom stereocenters. The number of likely N-dealkylation sites (tertiary alicyclic amines) is 1. The highest BCUT2D eigenvalue weighted by Crippen LogP contribution is 2.40. The van der Waals surface area contributed by atoms with E-state index in [0.29, 0.717) is 117 Å². The number of piperidine rings is 1. The van der Waals surface area contributed by atoms with Gasteiger partial charge in [-0.2, -0.15) is 40.2 Å². The average Bonchev–Trinajstić information content (AvgIpc) is 1.60. The van der Waals surface area contributed by atoms with Crippen molar-refractivity contribution in [3.8, 4) is 6.07 Å². The lowest BCUT2D eigenvalue weighted by Gasteiger charge is -2.31. The van der Waals surface area contributed by atoms with E-state index >= 15 is 0 Å². The number of fused-ring (bicyclic) bond motifs is 5. The summed E-state index contributed by atoms with van der Waals surface area (Å²) in [6, 6.07) is 20.4. The molecule has 5 aliphatic heterocycles. The third kappa shape index (κ3) is 17.8. The van der Waals surface area contributed by atoms with Crippen LogP contribution in [0.5, 0.6) is 0 Å². The first-order chi connectivity index (χ1) is 50.1. The number of sulfonamides is 2. The Labute approximate surface area is 609 Å². The first-order valence-electron chi connectivity index (χ1n) is 33.9. The molecule has 1 fully saturated rings. The minimum Gasteiger partial charge on any atom is -0.361 e. The van der Waals surface area contributed by atoms with Gasteiger partial charge in [0.2, 0.25) is 37.8 Å². The number of aromatic nitrogens is 5. The number of benzene rings is 5. The molecular formula is C76H75ClF9N11O7S2. The van der Waals surface area contributed by atoms with Crippen molar-refractivity contribution in [2.24, 2.45) is 0 Å². The van der Waals surface area contributed by atoms with Gasteiger partial charge in [-0.25, -0.2) is 30.0 Å². The summed E-state index contributed by atoms with van der Waals surface area (Å²) in [6.07, 6.45) is 14.6. The zero-order valence-corrected chi connectivity index (χ0v) is 60.6. The molecule has 0 spiro atoms. The van der Waals surface area contributed by atoms with Crippen LogP contribution in [-0.4, -0.2) is 161 Å². The molecule has 5 aromatic heterocycles. The largest absolute Gasteiger partial charge is 0.416 e. The second kappa shape index (κ2) is 31.7. The van der Waals surface area contributed by atoms with Crippen molar-refractivity contribution < 1.29 is 70.7 Å². The smallest absolute Gasteiger partial charge is 0.361 e. The highest BCUT2D eigenvalue weighted by Gasteiger charge is 2.34. The van der Waals surface area contributed by atoms with Crippen LogP contribution >= 0.6 is 11.6 Å². The van der Waals surface area contributed by atoms with Gasteiger partial charge in [-0.1, -0.05) is 42.0 Å². The Hall–Kier alpha value is -9.86. The van der Waals surface area contributed by atoms with Crippen molar-refractivity contribution in [3.05, 3.63) is 201 Å². The maximum absolute atomic E-state index is 13.7. The van der Waals surface area contributed by atoms with Gasteiger partial charge in [0.1, 0.15) is 17.5 Å². The molecule has 0 saturated carbocycles. The summed E-state index contributed by atoms with van der Waals surface area (Å²) < 4.78 is 166. The maximum Gasteiger partial charge on any atom is 0.416 e. The van der Waals surface area contributed by atoms with Gasteiger partial charge >= 0.3 is 12.4 Å². The van der Waals surface area contributed by atoms with Gasteiger partial charge in [-0.05, 0) is 139 Å². The van der Waals surface area contributed by atoms with Crippen LogP contribution in [0.3, 0.4) is 0 Å². The third-order valence-corrected chi connectivity index (χ3v) is 22.5. The average molecular weight is 1530 g/mol. The number of rotatable bonds is 7. The summed E-state index contributed by atoms with van der Waals surface area (Å²) in [5, 5.41) is 12.9. The van der Waals surface area contributed by atoms with E-state index < -0.39 is 61.0 Å². The number of hydrogen-bond donors (Lipinski definition) is 5. The zero-order valence-electron chi connectivity index (χ0n) is 58.2. The van der Waals surface area contributed by atoms with Crippen molar-refractivity contribution in [2.75, 3.05) is 78.0 Å². The van der Waals surface area contributed by atoms with E-state index in [-0.39, 0.29) is 35.2 Å². The summed E-state index contributed by atoms with van der Waals surface area (Å²) in [4.78, 5) is 54.4. The predicted molar refractivity (Wildman–Crippen MR) is 393 cm³/mol. The second-order valence-corrected chi connectivity index (χ2v) is 30.8. The van der Waals surface area contributed by atoms with Crippen LogP contribution in [0.1, 0.15) is 110 Å². The third-order valence-electron chi connectivity index (χ3n) is 19.6. The monoisotopic (exact) mass is 1520 g/mol. The van der Waals surface area contributed by atoms with Gasteiger partial charge in [0, 0.05) is 195 Å². The molecule has 15 rings (SSSR count). The Morgan fingerprint density at radius 3 is 1.38 bits per heavy atom. The highest BCUT2D eigenvalue weighted by molar-refractivity contribution is 7.88. The first-order valence-corrected chi connectivity index (χ1v) is 37.9. The Kier molecular flexibility index (Phi) is 23.1. The summed E-state index contributed by atoms with van der Waals surface area (Å²) in [6.45, 7) is 10.0. The minimum atomic E-state index is -4.39. The number of aromatic amines is 5. The number of alkyl halides is 6. The molecule has 10 heterocycles. The number of nitrogens with one attached hydrogen (secondary N) is 5. The summed E-state index contributed by atoms with van der Waals surface area (Å²) in [5.41, 5.74) is 11.3. The van der Waals surface area contributed by atoms with Crippen LogP contribution < -0.4 is 0 Å². The summed E-state index contributed by atoms with van der Waals surface area (Å²) in [5.74, 6) is -1.12. The first kappa shape index (κ1) is 77.2. The van der Waals surface area contributed by atoms with Crippen LogP contribution in [-0.2, 0) is 46.8 Å². The lowest BCUT2D eigenvalue weighted by Crippen LogP contribution is -2.36. The highest BCUT2D eigenvalue weighted by atomic mass is 35.5. The lowest BCUT2D eigenvalue weighted by molar-refractivity contribution is -0.138. The van der Waals surface area contributed by atoms with E-state index in [1.54, 1.807) is 66.5 Å². The number of amides is 3. The molecule has 5 aliphatic rings. The molecule has 0 unspecified atom stereocenters. The van der Waals surface area contributed by atoms with Crippen molar-refractivity contribution in [2.45, 2.75) is 77.6 Å². The van der Waals surface area contributed by atoms with E-state index in [0.717, 1.165) is 128 Å². The predicted octanol–water partition coefficient (Wildman–Crippen LogP) is 15.9. The molecule has 1 saturated heterocycles. The lowest BCUT2D eigenvalue weighted by atomic mass is 9.89. The van der Waals surface area contributed by atoms with E-state index in [4.69, 9.17) is 16.9 Å². The van der Waals surface area contributed by atoms with E-state index in [1.165, 1.54) is 40.0 Å². The Morgan fingerprint density at radius 2 is 0.906 bits per heavy atom. The maximum atomic E-state index is 13.7. The molecule has 0 aliphatic carbocycles. The Bertz CT molecular complexity index is 5440. The minimum absolute atomic E-state index is 0.0383. The van der Waals surface area contributed by atoms with Crippen LogP contribution in [0, 0.1) is 28.8 Å². The molecule has 10 aromatic rings. The van der Waals surface area contributed by atoms with E-state index in [2.05, 4.69) is 31.0 Å². The topological polar surface area (TPSA) is 238 Å². The van der Waals surface area contributed by atoms with Gasteiger partial charge in [0.25, 0.3) is 0 Å². The van der Waals surface area contributed by atoms with Crippen molar-refractivity contribution in [3.63, 3.8) is 0 Å². The molecule has 0 radical (unpaired) electrons. The fraction of sp³-hybridized carbons (Fsp3) is 0.316. The fourth-order valence-electron chi connectivity index (χ4n) is 13.8. The molecule has 3 amide bonds. The van der Waals surface area contributed by atoms with E-state index in [1.807, 2.05) is 47.7 Å². The second-order valence-electron chi connectivity index (χ2n) is 26.4. The standard InChI is InChI=1S/C16H17F3N2O.C15H14ClFN2O.C15H15F3N2O2S.C15H14F2N2O.C15H15N3O2S/c1-10(22)21-6-4-11(5-7-21)14-9-20-15-8-12(16(17,18)19)2-3-13(14)15;1-9(20)19-4-2-10(3-5-19)12-8-18-15-7-13(16)14(17)6-11(12)15;1-23(21,22)20-6-4-10(5-7-20)13-9-19-14-3-2-11(8-12(13)14)15(16,17)18;1-9(20)19-4-2-10(3-5-19)13-8-18-15-12(13)6-11(16)7-14(15)17;1-21(19,20)18-6-4-12(5-7-18)14-10-17-15-3-2-11(9-16)8-13(14)15/h2-3,8-9,11,20H,4-7H2,1H3;2,6-8,18H,3-5H2,1H3;2-4,8-9,19H,5-7H2,1H3;2,6-8,18H,3-5H2,1H3;2-4,8,10,17H,5-7H2,1H3. The fourth-order valence-corrected chi connectivity index (χ4v) is 15.5. The number of nitriles is 1. The van der Waals surface area contributed by atoms with Gasteiger partial charge in [-0.3, -0.25) is 14.4 Å². The molecular weight excluding hydrogens is 1450 g/mol. The van der Waals surface area contributed by atoms with Crippen LogP contribution in [0.25, 0.3) is 76.8 Å². The normalized spacial score (nSPS) is 16.5. The zero-order chi connectivity index (χ0) is 76.3. The molecule has 5 aromatic carbocycles. The Morgan fingerprint density at radius 1 is 0.472 bits per heavy atom. The quantitative estimate of drug-likeness (QED) is 0.0960. The van der Waals surface area contributed by atoms with Crippen LogP contribution in [0.4, 0.5) is 39.5 Å². The number of hydrogen-bond acceptors (Lipinski definition) is 8. The molecule has 5 N–H and O–H groups in total. The number of carbonyl (C=O) groups is 3. The number of carbonyl (C=O) groups excluding carboxylic acids is 3.